The molecule has 3 aromatic rings. The van der Waals surface area contributed by atoms with Crippen molar-refractivity contribution in [3.05, 3.63) is 50.1 Å². The van der Waals surface area contributed by atoms with Crippen LogP contribution in [-0.2, 0) is 0 Å². The van der Waals surface area contributed by atoms with Crippen LogP contribution in [0.15, 0.2) is 40.8 Å². The summed E-state index contributed by atoms with van der Waals surface area (Å²) in [5.74, 6) is 0.467. The minimum atomic E-state index is 0.467. The number of hydrazone groups is 1. The molecular formula is C14H14N6S2. The highest BCUT2D eigenvalue weighted by atomic mass is 32.1. The van der Waals surface area contributed by atoms with Crippen LogP contribution in [0.3, 0.4) is 0 Å². The van der Waals surface area contributed by atoms with E-state index in [1.807, 2.05) is 12.1 Å². The average molecular weight is 330 g/mol. The lowest BCUT2D eigenvalue weighted by Gasteiger charge is -1.97. The third kappa shape index (κ3) is 3.66. The summed E-state index contributed by atoms with van der Waals surface area (Å²) in [5.41, 5.74) is 2.85. The van der Waals surface area contributed by atoms with Gasteiger partial charge in [0.1, 0.15) is 6.33 Å². The zero-order valence-electron chi connectivity index (χ0n) is 12.1. The Morgan fingerprint density at radius 1 is 1.05 bits per heavy atom. The molecule has 0 aliphatic carbocycles. The van der Waals surface area contributed by atoms with Crippen LogP contribution in [-0.4, -0.2) is 27.3 Å². The van der Waals surface area contributed by atoms with Crippen molar-refractivity contribution in [1.29, 1.82) is 0 Å². The smallest absolute Gasteiger partial charge is 0.244 e. The van der Waals surface area contributed by atoms with E-state index in [2.05, 4.69) is 51.8 Å². The Balaban J connectivity index is 1.67. The van der Waals surface area contributed by atoms with Gasteiger partial charge in [-0.2, -0.15) is 14.9 Å². The zero-order chi connectivity index (χ0) is 15.4. The fourth-order valence-electron chi connectivity index (χ4n) is 1.71. The van der Waals surface area contributed by atoms with E-state index >= 15 is 0 Å². The SMILES string of the molecule is Cc1ccc(/C=N\Nc2nncn2/N=C/c2ccc(C)s2)s1. The lowest BCUT2D eigenvalue weighted by molar-refractivity contribution is 0.879. The summed E-state index contributed by atoms with van der Waals surface area (Å²) >= 11 is 3.36. The Morgan fingerprint density at radius 3 is 2.36 bits per heavy atom. The number of aromatic nitrogens is 3. The molecule has 0 spiro atoms. The first kappa shape index (κ1) is 14.6. The van der Waals surface area contributed by atoms with E-state index in [0.717, 1.165) is 9.75 Å². The van der Waals surface area contributed by atoms with Crippen molar-refractivity contribution in [2.45, 2.75) is 13.8 Å². The second-order valence-corrected chi connectivity index (χ2v) is 7.15. The summed E-state index contributed by atoms with van der Waals surface area (Å²) in [4.78, 5) is 4.66. The maximum absolute atomic E-state index is 4.32. The van der Waals surface area contributed by atoms with Crippen LogP contribution >= 0.6 is 22.7 Å². The Morgan fingerprint density at radius 2 is 1.73 bits per heavy atom. The molecule has 0 atom stereocenters. The molecule has 0 radical (unpaired) electrons. The predicted octanol–water partition coefficient (Wildman–Crippen LogP) is 3.35. The molecule has 0 aliphatic rings. The largest absolute Gasteiger partial charge is 0.265 e. The molecule has 0 aliphatic heterocycles. The number of nitrogens with zero attached hydrogens (tertiary/aromatic N) is 5. The molecule has 1 N–H and O–H groups in total. The van der Waals surface area contributed by atoms with Crippen molar-refractivity contribution in [2.75, 3.05) is 5.43 Å². The lowest BCUT2D eigenvalue weighted by Crippen LogP contribution is -1.98. The molecule has 112 valence electrons. The summed E-state index contributed by atoms with van der Waals surface area (Å²) < 4.78 is 1.55. The lowest BCUT2D eigenvalue weighted by atomic mass is 10.4. The first-order valence-corrected chi connectivity index (χ1v) is 8.20. The molecule has 3 rings (SSSR count). The van der Waals surface area contributed by atoms with Gasteiger partial charge in [0, 0.05) is 19.5 Å². The summed E-state index contributed by atoms with van der Waals surface area (Å²) in [5, 5.41) is 16.3. The number of aryl methyl sites for hydroxylation is 2. The number of hydrogen-bond acceptors (Lipinski definition) is 7. The second kappa shape index (κ2) is 6.63. The van der Waals surface area contributed by atoms with E-state index in [9.17, 15) is 0 Å². The van der Waals surface area contributed by atoms with Crippen LogP contribution in [0.25, 0.3) is 0 Å². The van der Waals surface area contributed by atoms with Crippen molar-refractivity contribution in [1.82, 2.24) is 14.9 Å². The van der Waals surface area contributed by atoms with Crippen LogP contribution < -0.4 is 5.43 Å². The number of thiophene rings is 2. The van der Waals surface area contributed by atoms with Gasteiger partial charge in [-0.25, -0.2) is 5.43 Å². The van der Waals surface area contributed by atoms with Gasteiger partial charge in [-0.05, 0) is 38.1 Å². The summed E-state index contributed by atoms with van der Waals surface area (Å²) in [7, 11) is 0. The molecule has 8 heteroatoms. The first-order valence-electron chi connectivity index (χ1n) is 6.57. The molecule has 0 fully saturated rings. The minimum Gasteiger partial charge on any atom is -0.244 e. The summed E-state index contributed by atoms with van der Waals surface area (Å²) in [6.07, 6.45) is 5.06. The van der Waals surface area contributed by atoms with Gasteiger partial charge in [0.15, 0.2) is 0 Å². The van der Waals surface area contributed by atoms with Gasteiger partial charge in [0.05, 0.1) is 12.4 Å². The van der Waals surface area contributed by atoms with Crippen LogP contribution in [0.4, 0.5) is 5.95 Å². The van der Waals surface area contributed by atoms with Crippen molar-refractivity contribution < 1.29 is 0 Å². The summed E-state index contributed by atoms with van der Waals surface area (Å²) in [6, 6.07) is 8.16. The van der Waals surface area contributed by atoms with Gasteiger partial charge >= 0.3 is 0 Å². The number of hydrogen-bond donors (Lipinski definition) is 1. The molecule has 0 aromatic carbocycles. The van der Waals surface area contributed by atoms with E-state index in [-0.39, 0.29) is 0 Å². The maximum Gasteiger partial charge on any atom is 0.265 e. The number of nitrogens with one attached hydrogen (secondary N) is 1. The summed E-state index contributed by atoms with van der Waals surface area (Å²) in [6.45, 7) is 4.13. The van der Waals surface area contributed by atoms with E-state index in [1.165, 1.54) is 16.1 Å². The third-order valence-electron chi connectivity index (χ3n) is 2.72. The number of anilines is 1. The maximum atomic E-state index is 4.32. The number of rotatable bonds is 5. The van der Waals surface area contributed by atoms with Crippen LogP contribution in [0, 0.1) is 13.8 Å². The highest BCUT2D eigenvalue weighted by Crippen LogP contribution is 2.14. The topological polar surface area (TPSA) is 67.5 Å². The fraction of sp³-hybridized carbons (Fsp3) is 0.143. The molecular weight excluding hydrogens is 316 g/mol. The normalized spacial score (nSPS) is 11.7. The average Bonchev–Trinajstić information content (AvgIpc) is 3.20. The van der Waals surface area contributed by atoms with Crippen molar-refractivity contribution >= 4 is 41.1 Å². The molecule has 22 heavy (non-hydrogen) atoms. The van der Waals surface area contributed by atoms with Gasteiger partial charge < -0.3 is 0 Å². The quantitative estimate of drug-likeness (QED) is 0.576. The second-order valence-electron chi connectivity index (χ2n) is 4.51. The predicted molar refractivity (Wildman–Crippen MR) is 92.3 cm³/mol. The van der Waals surface area contributed by atoms with Gasteiger partial charge in [-0.15, -0.1) is 32.9 Å². The van der Waals surface area contributed by atoms with Gasteiger partial charge in [0.25, 0.3) is 5.95 Å². The van der Waals surface area contributed by atoms with Gasteiger partial charge in [-0.3, -0.25) is 0 Å². The Bertz CT molecular complexity index is 811. The Hall–Kier alpha value is -2.32. The van der Waals surface area contributed by atoms with E-state index in [0.29, 0.717) is 5.95 Å². The molecule has 3 aromatic heterocycles. The Labute approximate surface area is 135 Å². The fourth-order valence-corrected chi connectivity index (χ4v) is 3.20. The van der Waals surface area contributed by atoms with Crippen molar-refractivity contribution in [2.24, 2.45) is 10.2 Å². The molecule has 0 bridgehead atoms. The van der Waals surface area contributed by atoms with Crippen molar-refractivity contribution in [3.8, 4) is 0 Å². The van der Waals surface area contributed by atoms with E-state index in [1.54, 1.807) is 39.8 Å². The first-order chi connectivity index (χ1) is 10.7. The third-order valence-corrected chi connectivity index (χ3v) is 4.59. The highest BCUT2D eigenvalue weighted by Gasteiger charge is 2.01. The zero-order valence-corrected chi connectivity index (χ0v) is 13.7. The molecule has 6 nitrogen and oxygen atoms in total. The van der Waals surface area contributed by atoms with Crippen LogP contribution in [0.1, 0.15) is 19.5 Å². The highest BCUT2D eigenvalue weighted by molar-refractivity contribution is 7.13. The molecule has 0 amide bonds. The van der Waals surface area contributed by atoms with E-state index < -0.39 is 0 Å². The van der Waals surface area contributed by atoms with Gasteiger partial charge in [0.2, 0.25) is 0 Å². The molecule has 3 heterocycles. The minimum absolute atomic E-state index is 0.467. The van der Waals surface area contributed by atoms with E-state index in [4.69, 9.17) is 0 Å². The monoisotopic (exact) mass is 330 g/mol. The van der Waals surface area contributed by atoms with Crippen LogP contribution in [0.5, 0.6) is 0 Å². The molecule has 0 saturated carbocycles. The molecule has 0 saturated heterocycles. The van der Waals surface area contributed by atoms with Gasteiger partial charge in [-0.1, -0.05) is 0 Å². The van der Waals surface area contributed by atoms with Crippen LogP contribution in [0.2, 0.25) is 0 Å². The molecule has 0 unspecified atom stereocenters. The Kier molecular flexibility index (Phi) is 4.40. The van der Waals surface area contributed by atoms with Crippen molar-refractivity contribution in [3.63, 3.8) is 0 Å². The standard InChI is InChI=1S/C14H14N6S2/c1-10-3-5-12(21-10)7-15-18-14-19-16-9-20(14)17-8-13-6-4-11(2)22-13/h3-9H,1-2H3,(H,18,19)/b15-7-,17-8+.